The first kappa shape index (κ1) is 13.4. The quantitative estimate of drug-likeness (QED) is 0.704. The van der Waals surface area contributed by atoms with Crippen LogP contribution in [0.25, 0.3) is 0 Å². The molecule has 0 bridgehead atoms. The van der Waals surface area contributed by atoms with Crippen LogP contribution in [0, 0.1) is 11.8 Å². The van der Waals surface area contributed by atoms with Crippen LogP contribution in [-0.2, 0) is 4.74 Å². The van der Waals surface area contributed by atoms with E-state index in [9.17, 15) is 0 Å². The Hall–Kier alpha value is 0.310. The minimum Gasteiger partial charge on any atom is -0.377 e. The van der Waals surface area contributed by atoms with E-state index in [0.29, 0.717) is 11.4 Å². The van der Waals surface area contributed by atoms with Crippen molar-refractivity contribution < 1.29 is 4.74 Å². The molecule has 0 spiro atoms. The van der Waals surface area contributed by atoms with Crippen LogP contribution in [0.2, 0.25) is 0 Å². The highest BCUT2D eigenvalue weighted by atomic mass is 32.1. The van der Waals surface area contributed by atoms with E-state index >= 15 is 0 Å². The predicted molar refractivity (Wildman–Crippen MR) is 69.6 cm³/mol. The average Bonchev–Trinajstić information content (AvgIpc) is 2.27. The Morgan fingerprint density at radius 3 is 2.47 bits per heavy atom. The number of ether oxygens (including phenoxy) is 1. The Morgan fingerprint density at radius 1 is 1.20 bits per heavy atom. The Morgan fingerprint density at radius 2 is 1.93 bits per heavy atom. The molecule has 3 unspecified atom stereocenters. The van der Waals surface area contributed by atoms with Gasteiger partial charge in [0.2, 0.25) is 0 Å². The molecule has 4 atom stereocenters. The van der Waals surface area contributed by atoms with Crippen molar-refractivity contribution in [1.29, 1.82) is 0 Å². The van der Waals surface area contributed by atoms with Crippen molar-refractivity contribution in [3.8, 4) is 0 Å². The van der Waals surface area contributed by atoms with E-state index in [-0.39, 0.29) is 0 Å². The standard InChI is InChI=1S/C13H26OS/c1-4-7-8-12-13(15)11(6-3)10(5-2)9-14-12/h10-13,15H,4-9H2,1-3H3/t10-,11?,12?,13?/m0/s1. The lowest BCUT2D eigenvalue weighted by molar-refractivity contribution is -0.0460. The number of unbranched alkanes of at least 4 members (excludes halogenated alkanes) is 1. The van der Waals surface area contributed by atoms with Crippen LogP contribution in [0.1, 0.15) is 52.9 Å². The van der Waals surface area contributed by atoms with E-state index in [0.717, 1.165) is 18.4 Å². The van der Waals surface area contributed by atoms with Gasteiger partial charge in [-0.1, -0.05) is 46.5 Å². The highest BCUT2D eigenvalue weighted by Gasteiger charge is 2.35. The largest absolute Gasteiger partial charge is 0.377 e. The van der Waals surface area contributed by atoms with Crippen LogP contribution in [0.3, 0.4) is 0 Å². The second kappa shape index (κ2) is 6.80. The van der Waals surface area contributed by atoms with Crippen molar-refractivity contribution in [1.82, 2.24) is 0 Å². The van der Waals surface area contributed by atoms with Gasteiger partial charge in [0.1, 0.15) is 0 Å². The summed E-state index contributed by atoms with van der Waals surface area (Å²) in [6.07, 6.45) is 6.61. The van der Waals surface area contributed by atoms with E-state index < -0.39 is 0 Å². The number of rotatable bonds is 5. The van der Waals surface area contributed by atoms with E-state index in [4.69, 9.17) is 17.4 Å². The molecule has 0 N–H and O–H groups in total. The molecule has 1 heterocycles. The van der Waals surface area contributed by atoms with Crippen molar-refractivity contribution in [2.75, 3.05) is 6.61 Å². The van der Waals surface area contributed by atoms with Crippen LogP contribution in [0.5, 0.6) is 0 Å². The Balaban J connectivity index is 2.50. The van der Waals surface area contributed by atoms with Crippen LogP contribution >= 0.6 is 12.6 Å². The van der Waals surface area contributed by atoms with Crippen molar-refractivity contribution in [2.45, 2.75) is 64.2 Å². The van der Waals surface area contributed by atoms with Gasteiger partial charge in [-0.15, -0.1) is 0 Å². The molecule has 0 saturated carbocycles. The summed E-state index contributed by atoms with van der Waals surface area (Å²) in [7, 11) is 0. The zero-order chi connectivity index (χ0) is 11.3. The molecule has 1 saturated heterocycles. The molecule has 0 radical (unpaired) electrons. The number of hydrogen-bond acceptors (Lipinski definition) is 2. The first-order valence-electron chi connectivity index (χ1n) is 6.54. The predicted octanol–water partition coefficient (Wildman–Crippen LogP) is 3.93. The SMILES string of the molecule is CCCCC1OC[C@H](CC)C(CC)C1S. The van der Waals surface area contributed by atoms with Gasteiger partial charge in [-0.3, -0.25) is 0 Å². The third kappa shape index (κ3) is 3.39. The highest BCUT2D eigenvalue weighted by molar-refractivity contribution is 7.81. The second-order valence-electron chi connectivity index (χ2n) is 4.75. The first-order chi connectivity index (χ1) is 7.24. The molecule has 0 aromatic carbocycles. The maximum absolute atomic E-state index is 5.95. The van der Waals surface area contributed by atoms with Gasteiger partial charge < -0.3 is 4.74 Å². The molecule has 1 aliphatic heterocycles. The molecule has 15 heavy (non-hydrogen) atoms. The summed E-state index contributed by atoms with van der Waals surface area (Å²) in [4.78, 5) is 0. The van der Waals surface area contributed by atoms with Gasteiger partial charge in [-0.25, -0.2) is 0 Å². The van der Waals surface area contributed by atoms with Crippen molar-refractivity contribution in [3.63, 3.8) is 0 Å². The lowest BCUT2D eigenvalue weighted by atomic mass is 9.81. The normalized spacial score (nSPS) is 36.8. The molecule has 2 heteroatoms. The molecule has 0 aromatic heterocycles. The summed E-state index contributed by atoms with van der Waals surface area (Å²) >= 11 is 4.79. The second-order valence-corrected chi connectivity index (χ2v) is 5.34. The lowest BCUT2D eigenvalue weighted by Crippen LogP contribution is -2.43. The zero-order valence-electron chi connectivity index (χ0n) is 10.4. The summed E-state index contributed by atoms with van der Waals surface area (Å²) in [5.74, 6) is 1.49. The molecular weight excluding hydrogens is 204 g/mol. The molecule has 0 aliphatic carbocycles. The fourth-order valence-corrected chi connectivity index (χ4v) is 3.37. The number of hydrogen-bond donors (Lipinski definition) is 1. The van der Waals surface area contributed by atoms with E-state index in [1.54, 1.807) is 0 Å². The maximum Gasteiger partial charge on any atom is 0.0694 e. The molecular formula is C13H26OS. The average molecular weight is 230 g/mol. The van der Waals surface area contributed by atoms with E-state index in [1.165, 1.54) is 32.1 Å². The Kier molecular flexibility index (Phi) is 6.06. The van der Waals surface area contributed by atoms with Gasteiger partial charge in [-0.05, 0) is 18.3 Å². The van der Waals surface area contributed by atoms with Crippen LogP contribution in [-0.4, -0.2) is 18.0 Å². The minimum absolute atomic E-state index is 0.404. The minimum atomic E-state index is 0.404. The summed E-state index contributed by atoms with van der Waals surface area (Å²) in [5, 5.41) is 0.459. The lowest BCUT2D eigenvalue weighted by Gasteiger charge is -2.40. The molecule has 1 nitrogen and oxygen atoms in total. The number of thiol groups is 1. The topological polar surface area (TPSA) is 9.23 Å². The molecule has 90 valence electrons. The molecule has 1 fully saturated rings. The van der Waals surface area contributed by atoms with Gasteiger partial charge in [0.15, 0.2) is 0 Å². The summed E-state index contributed by atoms with van der Waals surface area (Å²) in [6, 6.07) is 0. The smallest absolute Gasteiger partial charge is 0.0694 e. The highest BCUT2D eigenvalue weighted by Crippen LogP contribution is 2.35. The zero-order valence-corrected chi connectivity index (χ0v) is 11.3. The third-order valence-electron chi connectivity index (χ3n) is 3.79. The Labute approximate surface area is 100 Å². The van der Waals surface area contributed by atoms with Crippen molar-refractivity contribution in [3.05, 3.63) is 0 Å². The molecule has 0 amide bonds. The molecule has 1 aliphatic rings. The van der Waals surface area contributed by atoms with E-state index in [2.05, 4.69) is 20.8 Å². The fourth-order valence-electron chi connectivity index (χ4n) is 2.68. The van der Waals surface area contributed by atoms with Crippen LogP contribution in [0.15, 0.2) is 0 Å². The third-order valence-corrected chi connectivity index (χ3v) is 4.50. The van der Waals surface area contributed by atoms with Crippen LogP contribution < -0.4 is 0 Å². The van der Waals surface area contributed by atoms with Crippen molar-refractivity contribution >= 4 is 12.6 Å². The molecule has 1 rings (SSSR count). The van der Waals surface area contributed by atoms with Gasteiger partial charge in [0.05, 0.1) is 12.7 Å². The van der Waals surface area contributed by atoms with Gasteiger partial charge in [0, 0.05) is 5.25 Å². The first-order valence-corrected chi connectivity index (χ1v) is 7.05. The monoisotopic (exact) mass is 230 g/mol. The summed E-state index contributed by atoms with van der Waals surface area (Å²) in [6.45, 7) is 7.76. The summed E-state index contributed by atoms with van der Waals surface area (Å²) < 4.78 is 5.95. The van der Waals surface area contributed by atoms with E-state index in [1.807, 2.05) is 0 Å². The fraction of sp³-hybridized carbons (Fsp3) is 1.00. The summed E-state index contributed by atoms with van der Waals surface area (Å²) in [5.41, 5.74) is 0. The van der Waals surface area contributed by atoms with Gasteiger partial charge in [-0.2, -0.15) is 12.6 Å². The van der Waals surface area contributed by atoms with Crippen molar-refractivity contribution in [2.24, 2.45) is 11.8 Å². The maximum atomic E-state index is 5.95. The Bertz CT molecular complexity index is 172. The van der Waals surface area contributed by atoms with Crippen LogP contribution in [0.4, 0.5) is 0 Å². The van der Waals surface area contributed by atoms with Gasteiger partial charge in [0.25, 0.3) is 0 Å². The van der Waals surface area contributed by atoms with Gasteiger partial charge >= 0.3 is 0 Å². The molecule has 0 aromatic rings.